The van der Waals surface area contributed by atoms with E-state index in [1.165, 1.54) is 0 Å². The van der Waals surface area contributed by atoms with E-state index in [9.17, 15) is 9.59 Å². The van der Waals surface area contributed by atoms with Crippen LogP contribution in [0.1, 0.15) is 26.5 Å². The molecule has 130 valence electrons. The van der Waals surface area contributed by atoms with Gasteiger partial charge in [0.2, 0.25) is 5.78 Å². The fourth-order valence-corrected chi connectivity index (χ4v) is 2.52. The first-order valence-electron chi connectivity index (χ1n) is 7.63. The maximum Gasteiger partial charge on any atom is 0.371 e. The molecule has 1 aromatic heterocycles. The molecular weight excluding hydrogens is 356 g/mol. The number of halogens is 1. The number of ketones is 1. The van der Waals surface area contributed by atoms with Crippen molar-refractivity contribution in [3.63, 3.8) is 0 Å². The summed E-state index contributed by atoms with van der Waals surface area (Å²) >= 11 is 6.15. The van der Waals surface area contributed by atoms with Crippen LogP contribution in [0.5, 0.6) is 0 Å². The molecule has 0 atom stereocenters. The second-order valence-electron chi connectivity index (χ2n) is 5.29. The highest BCUT2D eigenvalue weighted by Crippen LogP contribution is 2.31. The zero-order valence-corrected chi connectivity index (χ0v) is 14.4. The van der Waals surface area contributed by atoms with Gasteiger partial charge in [0.25, 0.3) is 0 Å². The Morgan fingerprint density at radius 3 is 2.54 bits per heavy atom. The Kier molecular flexibility index (Phi) is 5.24. The molecule has 0 aliphatic heterocycles. The van der Waals surface area contributed by atoms with E-state index >= 15 is 0 Å². The Morgan fingerprint density at radius 1 is 1.12 bits per heavy atom. The van der Waals surface area contributed by atoms with Crippen LogP contribution in [-0.4, -0.2) is 23.1 Å². The van der Waals surface area contributed by atoms with Crippen molar-refractivity contribution in [3.05, 3.63) is 76.5 Å². The molecule has 0 aliphatic rings. The summed E-state index contributed by atoms with van der Waals surface area (Å²) in [5, 5.41) is 7.77. The summed E-state index contributed by atoms with van der Waals surface area (Å²) in [6.45, 7) is 1.57. The number of hydrogen-bond acceptors (Lipinski definition) is 6. The normalized spacial score (nSPS) is 10.8. The van der Waals surface area contributed by atoms with Gasteiger partial charge in [0.15, 0.2) is 0 Å². The lowest BCUT2D eigenvalue weighted by atomic mass is 10.1. The lowest BCUT2D eigenvalue weighted by Gasteiger charge is -2.02. The van der Waals surface area contributed by atoms with Crippen molar-refractivity contribution in [2.24, 2.45) is 5.16 Å². The van der Waals surface area contributed by atoms with E-state index in [1.807, 2.05) is 0 Å². The average Bonchev–Trinajstić information content (AvgIpc) is 3.04. The SMILES string of the molecule is Cc1onc(-c2ccccc2Cl)c1C(=O)O/N=C\C(=O)c1ccccc1. The smallest absolute Gasteiger partial charge is 0.360 e. The zero-order chi connectivity index (χ0) is 18.5. The molecule has 1 heterocycles. The van der Waals surface area contributed by atoms with E-state index in [2.05, 4.69) is 10.3 Å². The Labute approximate surface area is 154 Å². The van der Waals surface area contributed by atoms with Crippen LogP contribution < -0.4 is 0 Å². The predicted molar refractivity (Wildman–Crippen MR) is 96.4 cm³/mol. The third-order valence-electron chi connectivity index (χ3n) is 3.56. The van der Waals surface area contributed by atoms with Crippen molar-refractivity contribution in [1.82, 2.24) is 5.16 Å². The highest BCUT2D eigenvalue weighted by molar-refractivity contribution is 6.35. The zero-order valence-electron chi connectivity index (χ0n) is 13.7. The summed E-state index contributed by atoms with van der Waals surface area (Å²) in [5.74, 6) is -0.919. The molecule has 26 heavy (non-hydrogen) atoms. The van der Waals surface area contributed by atoms with Gasteiger partial charge < -0.3 is 9.36 Å². The molecule has 0 saturated carbocycles. The number of aryl methyl sites for hydroxylation is 1. The monoisotopic (exact) mass is 368 g/mol. The topological polar surface area (TPSA) is 81.8 Å². The summed E-state index contributed by atoms with van der Waals surface area (Å²) in [7, 11) is 0. The second kappa shape index (κ2) is 7.76. The van der Waals surface area contributed by atoms with Crippen molar-refractivity contribution < 1.29 is 18.9 Å². The molecule has 0 aliphatic carbocycles. The number of oxime groups is 1. The van der Waals surface area contributed by atoms with Crippen LogP contribution in [0.3, 0.4) is 0 Å². The molecule has 0 fully saturated rings. The van der Waals surface area contributed by atoms with Crippen molar-refractivity contribution in [1.29, 1.82) is 0 Å². The highest BCUT2D eigenvalue weighted by atomic mass is 35.5. The molecule has 7 heteroatoms. The van der Waals surface area contributed by atoms with E-state index in [-0.39, 0.29) is 22.8 Å². The molecule has 0 unspecified atom stereocenters. The van der Waals surface area contributed by atoms with Gasteiger partial charge in [-0.2, -0.15) is 0 Å². The fraction of sp³-hybridized carbons (Fsp3) is 0.0526. The Hall–Kier alpha value is -3.25. The van der Waals surface area contributed by atoms with Crippen LogP contribution in [0.4, 0.5) is 0 Å². The average molecular weight is 369 g/mol. The van der Waals surface area contributed by atoms with Gasteiger partial charge in [-0.3, -0.25) is 4.79 Å². The fourth-order valence-electron chi connectivity index (χ4n) is 2.29. The first-order chi connectivity index (χ1) is 12.6. The van der Waals surface area contributed by atoms with E-state index < -0.39 is 5.97 Å². The Morgan fingerprint density at radius 2 is 1.81 bits per heavy atom. The van der Waals surface area contributed by atoms with Gasteiger partial charge in [0.05, 0.1) is 5.02 Å². The summed E-state index contributed by atoms with van der Waals surface area (Å²) < 4.78 is 5.09. The third kappa shape index (κ3) is 3.70. The van der Waals surface area contributed by atoms with Crippen molar-refractivity contribution in [2.75, 3.05) is 0 Å². The second-order valence-corrected chi connectivity index (χ2v) is 5.69. The van der Waals surface area contributed by atoms with Crippen LogP contribution in [0, 0.1) is 6.92 Å². The maximum absolute atomic E-state index is 12.4. The molecule has 0 bridgehead atoms. The number of benzene rings is 2. The van der Waals surface area contributed by atoms with Crippen molar-refractivity contribution in [3.8, 4) is 11.3 Å². The van der Waals surface area contributed by atoms with Gasteiger partial charge in [-0.05, 0) is 13.0 Å². The predicted octanol–water partition coefficient (Wildman–Crippen LogP) is 4.33. The summed E-state index contributed by atoms with van der Waals surface area (Å²) in [5.41, 5.74) is 1.32. The molecule has 2 aromatic carbocycles. The minimum Gasteiger partial charge on any atom is -0.360 e. The molecular formula is C19H13ClN2O4. The van der Waals surface area contributed by atoms with Crippen LogP contribution in [0.15, 0.2) is 64.3 Å². The number of rotatable bonds is 5. The minimum atomic E-state index is -0.796. The first-order valence-corrected chi connectivity index (χ1v) is 8.01. The number of aromatic nitrogens is 1. The van der Waals surface area contributed by atoms with Crippen molar-refractivity contribution in [2.45, 2.75) is 6.92 Å². The van der Waals surface area contributed by atoms with E-state index in [0.717, 1.165) is 6.21 Å². The number of Topliss-reactive ketones (excluding diaryl/α,β-unsaturated/α-hetero) is 1. The molecule has 0 saturated heterocycles. The minimum absolute atomic E-state index is 0.0995. The Balaban J connectivity index is 1.79. The molecule has 0 radical (unpaired) electrons. The maximum atomic E-state index is 12.4. The van der Waals surface area contributed by atoms with Gasteiger partial charge in [0.1, 0.15) is 23.2 Å². The molecule has 6 nitrogen and oxygen atoms in total. The number of nitrogens with zero attached hydrogens (tertiary/aromatic N) is 2. The van der Waals surface area contributed by atoms with Crippen LogP contribution >= 0.6 is 11.6 Å². The Bertz CT molecular complexity index is 980. The van der Waals surface area contributed by atoms with E-state index in [4.69, 9.17) is 21.0 Å². The van der Waals surface area contributed by atoms with Crippen molar-refractivity contribution >= 4 is 29.6 Å². The van der Waals surface area contributed by atoms with Gasteiger partial charge in [0, 0.05) is 11.1 Å². The van der Waals surface area contributed by atoms with E-state index in [0.29, 0.717) is 16.1 Å². The van der Waals surface area contributed by atoms with Gasteiger partial charge in [-0.25, -0.2) is 4.79 Å². The molecule has 0 spiro atoms. The highest BCUT2D eigenvalue weighted by Gasteiger charge is 2.24. The lowest BCUT2D eigenvalue weighted by molar-refractivity contribution is 0.0517. The van der Waals surface area contributed by atoms with Gasteiger partial charge in [-0.15, -0.1) is 0 Å². The van der Waals surface area contributed by atoms with Crippen LogP contribution in [0.2, 0.25) is 5.02 Å². The third-order valence-corrected chi connectivity index (χ3v) is 3.89. The molecule has 0 amide bonds. The summed E-state index contributed by atoms with van der Waals surface area (Å²) in [6.07, 6.45) is 0.936. The quantitative estimate of drug-likeness (QED) is 0.290. The molecule has 0 N–H and O–H groups in total. The lowest BCUT2D eigenvalue weighted by Crippen LogP contribution is -2.06. The van der Waals surface area contributed by atoms with Crippen LogP contribution in [-0.2, 0) is 4.84 Å². The largest absolute Gasteiger partial charge is 0.371 e. The number of carbonyl (C=O) groups excluding carboxylic acids is 2. The molecule has 3 rings (SSSR count). The standard InChI is InChI=1S/C19H13ClN2O4/c1-12-17(18(22-25-12)14-9-5-6-10-15(14)20)19(24)26-21-11-16(23)13-7-3-2-4-8-13/h2-11H,1H3/b21-11-. The summed E-state index contributed by atoms with van der Waals surface area (Å²) in [6, 6.07) is 15.4. The number of carbonyl (C=O) groups is 2. The van der Waals surface area contributed by atoms with Gasteiger partial charge in [-0.1, -0.05) is 70.4 Å². The number of hydrogen-bond donors (Lipinski definition) is 0. The first kappa shape index (κ1) is 17.6. The van der Waals surface area contributed by atoms with Crippen LogP contribution in [0.25, 0.3) is 11.3 Å². The van der Waals surface area contributed by atoms with E-state index in [1.54, 1.807) is 61.5 Å². The molecule has 3 aromatic rings. The van der Waals surface area contributed by atoms with Gasteiger partial charge >= 0.3 is 5.97 Å². The summed E-state index contributed by atoms with van der Waals surface area (Å²) in [4.78, 5) is 29.1.